The summed E-state index contributed by atoms with van der Waals surface area (Å²) >= 11 is 1.50. The van der Waals surface area contributed by atoms with Gasteiger partial charge in [-0.3, -0.25) is 4.79 Å². The van der Waals surface area contributed by atoms with Crippen molar-refractivity contribution in [3.8, 4) is 11.1 Å². The number of rotatable bonds is 11. The highest BCUT2D eigenvalue weighted by Gasteiger charge is 2.22. The number of nitrogens with one attached hydrogen (secondary N) is 1. The van der Waals surface area contributed by atoms with Crippen molar-refractivity contribution in [3.05, 3.63) is 114 Å². The molecule has 0 aliphatic carbocycles. The number of aliphatic carboxylic acids is 1. The molecule has 0 aliphatic heterocycles. The Kier molecular flexibility index (Phi) is 9.27. The molecule has 0 aliphatic rings. The minimum Gasteiger partial charge on any atom is -0.480 e. The number of aromatic nitrogens is 2. The predicted molar refractivity (Wildman–Crippen MR) is 150 cm³/mol. The average molecular weight is 548 g/mol. The number of imidazole rings is 1. The van der Waals surface area contributed by atoms with E-state index in [4.69, 9.17) is 0 Å². The number of carbonyl (C=O) groups is 2. The topological polar surface area (TPSA) is 84.2 Å². The van der Waals surface area contributed by atoms with Crippen LogP contribution in [0.4, 0.5) is 8.78 Å². The summed E-state index contributed by atoms with van der Waals surface area (Å²) in [5, 5.41) is 12.2. The van der Waals surface area contributed by atoms with E-state index in [1.54, 1.807) is 55.0 Å². The maximum atomic E-state index is 13.7. The molecular formula is C30H27F2N3O3S. The Morgan fingerprint density at radius 1 is 1.05 bits per heavy atom. The van der Waals surface area contributed by atoms with Crippen LogP contribution in [-0.4, -0.2) is 44.6 Å². The molecule has 1 unspecified atom stereocenters. The van der Waals surface area contributed by atoms with Crippen LogP contribution in [0.25, 0.3) is 22.8 Å². The third kappa shape index (κ3) is 7.42. The molecule has 1 atom stereocenters. The summed E-state index contributed by atoms with van der Waals surface area (Å²) in [7, 11) is 0. The minimum absolute atomic E-state index is 0.270. The summed E-state index contributed by atoms with van der Waals surface area (Å²) in [6.45, 7) is 0.468. The van der Waals surface area contributed by atoms with Gasteiger partial charge in [-0.2, -0.15) is 11.8 Å². The summed E-state index contributed by atoms with van der Waals surface area (Å²) < 4.78 is 29.2. The molecule has 0 fully saturated rings. The largest absolute Gasteiger partial charge is 0.480 e. The lowest BCUT2D eigenvalue weighted by atomic mass is 9.94. The number of carboxylic acid groups (broad SMARTS) is 1. The summed E-state index contributed by atoms with van der Waals surface area (Å²) in [6, 6.07) is 16.1. The van der Waals surface area contributed by atoms with Gasteiger partial charge in [0.05, 0.1) is 6.33 Å². The van der Waals surface area contributed by atoms with Crippen molar-refractivity contribution in [1.29, 1.82) is 0 Å². The van der Waals surface area contributed by atoms with Crippen molar-refractivity contribution in [2.45, 2.75) is 19.0 Å². The molecule has 0 spiro atoms. The molecule has 0 saturated carbocycles. The van der Waals surface area contributed by atoms with Crippen LogP contribution < -0.4 is 5.32 Å². The fraction of sp³-hybridized carbons (Fsp3) is 0.167. The van der Waals surface area contributed by atoms with Crippen molar-refractivity contribution in [3.63, 3.8) is 0 Å². The van der Waals surface area contributed by atoms with Crippen LogP contribution in [0.5, 0.6) is 0 Å². The molecule has 1 amide bonds. The summed E-state index contributed by atoms with van der Waals surface area (Å²) in [6.07, 6.45) is 9.26. The van der Waals surface area contributed by atoms with E-state index in [0.717, 1.165) is 16.7 Å². The van der Waals surface area contributed by atoms with Gasteiger partial charge in [-0.1, -0.05) is 30.3 Å². The fourth-order valence-electron chi connectivity index (χ4n) is 4.11. The Balaban J connectivity index is 1.76. The number of benzene rings is 3. The summed E-state index contributed by atoms with van der Waals surface area (Å²) in [5.74, 6) is -1.82. The van der Waals surface area contributed by atoms with Gasteiger partial charge in [0.1, 0.15) is 17.7 Å². The molecule has 4 rings (SSSR count). The van der Waals surface area contributed by atoms with Gasteiger partial charge in [0.2, 0.25) is 0 Å². The van der Waals surface area contributed by atoms with Gasteiger partial charge in [-0.05, 0) is 88.7 Å². The van der Waals surface area contributed by atoms with Gasteiger partial charge in [0, 0.05) is 24.5 Å². The monoisotopic (exact) mass is 547 g/mol. The molecule has 1 aromatic heterocycles. The lowest BCUT2D eigenvalue weighted by Gasteiger charge is -2.17. The van der Waals surface area contributed by atoms with Gasteiger partial charge in [0.15, 0.2) is 0 Å². The Labute approximate surface area is 229 Å². The van der Waals surface area contributed by atoms with Crippen molar-refractivity contribution in [2.24, 2.45) is 0 Å². The second-order valence-electron chi connectivity index (χ2n) is 8.87. The Morgan fingerprint density at radius 2 is 1.74 bits per heavy atom. The number of hydrogen-bond donors (Lipinski definition) is 2. The lowest BCUT2D eigenvalue weighted by Crippen LogP contribution is -2.41. The van der Waals surface area contributed by atoms with E-state index >= 15 is 0 Å². The van der Waals surface area contributed by atoms with E-state index < -0.39 is 23.7 Å². The average Bonchev–Trinajstić information content (AvgIpc) is 3.44. The maximum absolute atomic E-state index is 13.7. The minimum atomic E-state index is -1.11. The zero-order chi connectivity index (χ0) is 27.8. The van der Waals surface area contributed by atoms with E-state index in [0.29, 0.717) is 23.4 Å². The van der Waals surface area contributed by atoms with Gasteiger partial charge in [-0.15, -0.1) is 0 Å². The third-order valence-electron chi connectivity index (χ3n) is 6.13. The number of allylic oxidation sites excluding steroid dienone is 1. The van der Waals surface area contributed by atoms with Gasteiger partial charge in [-0.25, -0.2) is 18.6 Å². The highest BCUT2D eigenvalue weighted by Crippen LogP contribution is 2.29. The smallest absolute Gasteiger partial charge is 0.326 e. The molecule has 4 aromatic rings. The van der Waals surface area contributed by atoms with Crippen LogP contribution >= 0.6 is 11.8 Å². The standard InChI is InChI=1S/C30H27F2N3O3S/c1-39-15-12-28(30(37)38)34-29(36)26-11-2-20(17-27(26)22-5-9-25(32)10-6-22)16-23(18-35-14-13-33-19-35)21-3-7-24(31)8-4-21/h2-11,13-14,16-17,19,28H,12,15,18H2,1H3,(H,34,36)(H,37,38)/b23-16+. The molecule has 2 N–H and O–H groups in total. The molecule has 6 nitrogen and oxygen atoms in total. The van der Waals surface area contributed by atoms with E-state index in [2.05, 4.69) is 10.3 Å². The lowest BCUT2D eigenvalue weighted by molar-refractivity contribution is -0.139. The quantitative estimate of drug-likeness (QED) is 0.225. The van der Waals surface area contributed by atoms with Gasteiger partial charge < -0.3 is 15.0 Å². The van der Waals surface area contributed by atoms with Crippen molar-refractivity contribution >= 4 is 35.3 Å². The van der Waals surface area contributed by atoms with E-state index in [1.165, 1.54) is 36.0 Å². The zero-order valence-electron chi connectivity index (χ0n) is 21.2. The number of thioether (sulfide) groups is 1. The molecule has 200 valence electrons. The van der Waals surface area contributed by atoms with Crippen molar-refractivity contribution in [1.82, 2.24) is 14.9 Å². The van der Waals surface area contributed by atoms with Crippen LogP contribution in [0, 0.1) is 11.6 Å². The molecule has 9 heteroatoms. The molecule has 39 heavy (non-hydrogen) atoms. The number of amides is 1. The first-order valence-corrected chi connectivity index (χ1v) is 13.6. The van der Waals surface area contributed by atoms with Crippen LogP contribution in [0.15, 0.2) is 85.5 Å². The number of hydrogen-bond acceptors (Lipinski definition) is 4. The number of halogens is 2. The Morgan fingerprint density at radius 3 is 2.36 bits per heavy atom. The second kappa shape index (κ2) is 13.0. The highest BCUT2D eigenvalue weighted by atomic mass is 32.2. The van der Waals surface area contributed by atoms with Crippen LogP contribution in [0.1, 0.15) is 27.9 Å². The third-order valence-corrected chi connectivity index (χ3v) is 6.77. The second-order valence-corrected chi connectivity index (χ2v) is 9.85. The van der Waals surface area contributed by atoms with E-state index in [-0.39, 0.29) is 17.8 Å². The number of carbonyl (C=O) groups excluding carboxylic acids is 1. The Hall–Kier alpha value is -4.24. The van der Waals surface area contributed by atoms with Crippen LogP contribution in [-0.2, 0) is 11.3 Å². The SMILES string of the molecule is CSCCC(NC(=O)c1ccc(/C=C(\Cn2ccnc2)c2ccc(F)cc2)cc1-c1ccc(F)cc1)C(=O)O. The first-order valence-electron chi connectivity index (χ1n) is 12.2. The van der Waals surface area contributed by atoms with Gasteiger partial charge in [0.25, 0.3) is 5.91 Å². The molecule has 0 bridgehead atoms. The molecule has 0 radical (unpaired) electrons. The predicted octanol–water partition coefficient (Wildman–Crippen LogP) is 6.01. The summed E-state index contributed by atoms with van der Waals surface area (Å²) in [5.41, 5.74) is 3.84. The van der Waals surface area contributed by atoms with E-state index in [1.807, 2.05) is 23.1 Å². The van der Waals surface area contributed by atoms with Crippen molar-refractivity contribution in [2.75, 3.05) is 12.0 Å². The number of nitrogens with zero attached hydrogens (tertiary/aromatic N) is 2. The van der Waals surface area contributed by atoms with Crippen LogP contribution in [0.3, 0.4) is 0 Å². The normalized spacial score (nSPS) is 12.2. The van der Waals surface area contributed by atoms with Gasteiger partial charge >= 0.3 is 5.97 Å². The molecule has 0 saturated heterocycles. The highest BCUT2D eigenvalue weighted by molar-refractivity contribution is 7.98. The number of carboxylic acids is 1. The van der Waals surface area contributed by atoms with E-state index in [9.17, 15) is 23.5 Å². The molecular weight excluding hydrogens is 520 g/mol. The molecule has 3 aromatic carbocycles. The van der Waals surface area contributed by atoms with Crippen molar-refractivity contribution < 1.29 is 23.5 Å². The first-order chi connectivity index (χ1) is 18.8. The van der Waals surface area contributed by atoms with Crippen LogP contribution in [0.2, 0.25) is 0 Å². The maximum Gasteiger partial charge on any atom is 0.326 e. The molecule has 1 heterocycles. The zero-order valence-corrected chi connectivity index (χ0v) is 22.0. The fourth-order valence-corrected chi connectivity index (χ4v) is 4.58. The first kappa shape index (κ1) is 27.8. The summed E-state index contributed by atoms with van der Waals surface area (Å²) in [4.78, 5) is 29.1. The Bertz CT molecular complexity index is 1450.